The van der Waals surface area contributed by atoms with Gasteiger partial charge in [-0.1, -0.05) is 19.8 Å². The molecule has 1 aromatic rings. The van der Waals surface area contributed by atoms with Crippen LogP contribution in [0.1, 0.15) is 31.7 Å². The first-order chi connectivity index (χ1) is 6.77. The zero-order valence-electron chi connectivity index (χ0n) is 8.83. The van der Waals surface area contributed by atoms with Gasteiger partial charge in [-0.25, -0.2) is 0 Å². The van der Waals surface area contributed by atoms with Gasteiger partial charge in [0, 0.05) is 0 Å². The predicted molar refractivity (Wildman–Crippen MR) is 62.5 cm³/mol. The summed E-state index contributed by atoms with van der Waals surface area (Å²) < 4.78 is 0. The normalized spacial score (nSPS) is 32.3. The minimum Gasteiger partial charge on any atom is -0.330 e. The highest BCUT2D eigenvalue weighted by Gasteiger charge is 2.38. The maximum atomic E-state index is 5.98. The molecule has 0 spiro atoms. The molecule has 2 unspecified atom stereocenters. The van der Waals surface area contributed by atoms with Crippen LogP contribution in [0.3, 0.4) is 0 Å². The van der Waals surface area contributed by atoms with E-state index in [2.05, 4.69) is 23.8 Å². The Hall–Kier alpha value is -0.340. The van der Waals surface area contributed by atoms with E-state index in [-0.39, 0.29) is 0 Å². The van der Waals surface area contributed by atoms with E-state index in [1.54, 1.807) is 11.3 Å². The molecule has 1 aromatic heterocycles. The van der Waals surface area contributed by atoms with Crippen LogP contribution in [-0.4, -0.2) is 6.54 Å². The monoisotopic (exact) mass is 209 g/mol. The third-order valence-electron chi connectivity index (χ3n) is 3.90. The molecule has 1 saturated carbocycles. The van der Waals surface area contributed by atoms with E-state index >= 15 is 0 Å². The Morgan fingerprint density at radius 2 is 2.50 bits per heavy atom. The third-order valence-corrected chi connectivity index (χ3v) is 4.63. The van der Waals surface area contributed by atoms with Crippen LogP contribution >= 0.6 is 11.3 Å². The summed E-state index contributed by atoms with van der Waals surface area (Å²) in [6.45, 7) is 3.22. The van der Waals surface area contributed by atoms with Crippen LogP contribution < -0.4 is 5.73 Å². The Bertz CT molecular complexity index is 281. The summed E-state index contributed by atoms with van der Waals surface area (Å²) in [6.07, 6.45) is 5.23. The number of hydrogen-bond donors (Lipinski definition) is 1. The van der Waals surface area contributed by atoms with Crippen molar-refractivity contribution in [1.29, 1.82) is 0 Å². The lowest BCUT2D eigenvalue weighted by Gasteiger charge is -2.32. The van der Waals surface area contributed by atoms with E-state index in [0.717, 1.165) is 12.5 Å². The standard InChI is InChI=1S/C12H19NS/c1-10-3-2-5-12(10,9-13)7-11-4-6-14-8-11/h4,6,8,10H,2-3,5,7,9,13H2,1H3. The summed E-state index contributed by atoms with van der Waals surface area (Å²) in [4.78, 5) is 0. The fourth-order valence-corrected chi connectivity index (χ4v) is 3.42. The molecule has 78 valence electrons. The van der Waals surface area contributed by atoms with Gasteiger partial charge in [-0.05, 0) is 53.1 Å². The molecule has 0 aromatic carbocycles. The molecule has 2 rings (SSSR count). The zero-order chi connectivity index (χ0) is 10.0. The molecule has 1 heterocycles. The largest absolute Gasteiger partial charge is 0.330 e. The number of thiophene rings is 1. The molecular weight excluding hydrogens is 190 g/mol. The van der Waals surface area contributed by atoms with Gasteiger partial charge in [0.15, 0.2) is 0 Å². The van der Waals surface area contributed by atoms with E-state index in [9.17, 15) is 0 Å². The molecule has 1 fully saturated rings. The molecule has 1 aliphatic carbocycles. The fourth-order valence-electron chi connectivity index (χ4n) is 2.75. The molecule has 0 aliphatic heterocycles. The van der Waals surface area contributed by atoms with Crippen molar-refractivity contribution in [3.05, 3.63) is 22.4 Å². The van der Waals surface area contributed by atoms with Gasteiger partial charge < -0.3 is 5.73 Å². The molecule has 2 atom stereocenters. The van der Waals surface area contributed by atoms with Crippen LogP contribution in [0.5, 0.6) is 0 Å². The molecular formula is C12H19NS. The van der Waals surface area contributed by atoms with Crippen LogP contribution in [0.15, 0.2) is 16.8 Å². The van der Waals surface area contributed by atoms with Crippen LogP contribution in [0.25, 0.3) is 0 Å². The van der Waals surface area contributed by atoms with Gasteiger partial charge in [-0.2, -0.15) is 11.3 Å². The Labute approximate surface area is 90.3 Å². The molecule has 0 radical (unpaired) electrons. The Morgan fingerprint density at radius 1 is 1.64 bits per heavy atom. The van der Waals surface area contributed by atoms with Crippen molar-refractivity contribution in [3.63, 3.8) is 0 Å². The first-order valence-corrected chi connectivity index (χ1v) is 6.42. The average Bonchev–Trinajstić information content (AvgIpc) is 2.79. The minimum absolute atomic E-state index is 0.404. The molecule has 0 saturated heterocycles. The van der Waals surface area contributed by atoms with Crippen molar-refractivity contribution in [2.24, 2.45) is 17.1 Å². The lowest BCUT2D eigenvalue weighted by Crippen LogP contribution is -2.35. The van der Waals surface area contributed by atoms with E-state index in [0.29, 0.717) is 5.41 Å². The molecule has 1 nitrogen and oxygen atoms in total. The average molecular weight is 209 g/mol. The van der Waals surface area contributed by atoms with Gasteiger partial charge in [0.05, 0.1) is 0 Å². The molecule has 14 heavy (non-hydrogen) atoms. The molecule has 2 N–H and O–H groups in total. The SMILES string of the molecule is CC1CCCC1(CN)Cc1ccsc1. The van der Waals surface area contributed by atoms with E-state index in [4.69, 9.17) is 5.73 Å². The van der Waals surface area contributed by atoms with E-state index in [1.165, 1.54) is 31.2 Å². The summed E-state index contributed by atoms with van der Waals surface area (Å²) in [5, 5.41) is 4.43. The van der Waals surface area contributed by atoms with Crippen molar-refractivity contribution in [3.8, 4) is 0 Å². The molecule has 0 amide bonds. The summed E-state index contributed by atoms with van der Waals surface area (Å²) in [5.41, 5.74) is 7.86. The van der Waals surface area contributed by atoms with Crippen LogP contribution in [0.2, 0.25) is 0 Å². The first-order valence-electron chi connectivity index (χ1n) is 5.48. The highest BCUT2D eigenvalue weighted by atomic mass is 32.1. The van der Waals surface area contributed by atoms with Gasteiger partial charge in [0.25, 0.3) is 0 Å². The summed E-state index contributed by atoms with van der Waals surface area (Å²) in [5.74, 6) is 0.799. The Kier molecular flexibility index (Phi) is 2.93. The van der Waals surface area contributed by atoms with Gasteiger partial charge >= 0.3 is 0 Å². The smallest absolute Gasteiger partial charge is 0.00148 e. The van der Waals surface area contributed by atoms with Crippen molar-refractivity contribution in [1.82, 2.24) is 0 Å². The minimum atomic E-state index is 0.404. The second-order valence-electron chi connectivity index (χ2n) is 4.67. The number of rotatable bonds is 3. The highest BCUT2D eigenvalue weighted by molar-refractivity contribution is 7.07. The third kappa shape index (κ3) is 1.73. The first kappa shape index (κ1) is 10.2. The maximum absolute atomic E-state index is 5.98. The second-order valence-corrected chi connectivity index (χ2v) is 5.45. The quantitative estimate of drug-likeness (QED) is 0.813. The van der Waals surface area contributed by atoms with Crippen LogP contribution in [0.4, 0.5) is 0 Å². The summed E-state index contributed by atoms with van der Waals surface area (Å²) in [6, 6.07) is 2.24. The summed E-state index contributed by atoms with van der Waals surface area (Å²) in [7, 11) is 0. The number of nitrogens with two attached hydrogens (primary N) is 1. The zero-order valence-corrected chi connectivity index (χ0v) is 9.65. The predicted octanol–water partition coefficient (Wildman–Crippen LogP) is 3.06. The molecule has 0 bridgehead atoms. The van der Waals surface area contributed by atoms with Gasteiger partial charge in [0.1, 0.15) is 0 Å². The fraction of sp³-hybridized carbons (Fsp3) is 0.667. The lowest BCUT2D eigenvalue weighted by atomic mass is 9.74. The Morgan fingerprint density at radius 3 is 3.00 bits per heavy atom. The Balaban J connectivity index is 2.13. The molecule has 2 heteroatoms. The molecule has 1 aliphatic rings. The van der Waals surface area contributed by atoms with E-state index in [1.807, 2.05) is 0 Å². The van der Waals surface area contributed by atoms with Crippen molar-refractivity contribution in [2.75, 3.05) is 6.54 Å². The van der Waals surface area contributed by atoms with Gasteiger partial charge in [0.2, 0.25) is 0 Å². The topological polar surface area (TPSA) is 26.0 Å². The highest BCUT2D eigenvalue weighted by Crippen LogP contribution is 2.44. The van der Waals surface area contributed by atoms with Crippen LogP contribution in [-0.2, 0) is 6.42 Å². The maximum Gasteiger partial charge on any atom is -0.00148 e. The van der Waals surface area contributed by atoms with Crippen LogP contribution in [0, 0.1) is 11.3 Å². The van der Waals surface area contributed by atoms with Crippen molar-refractivity contribution in [2.45, 2.75) is 32.6 Å². The van der Waals surface area contributed by atoms with Gasteiger partial charge in [-0.3, -0.25) is 0 Å². The van der Waals surface area contributed by atoms with Crippen molar-refractivity contribution < 1.29 is 0 Å². The second kappa shape index (κ2) is 4.03. The lowest BCUT2D eigenvalue weighted by molar-refractivity contribution is 0.224. The van der Waals surface area contributed by atoms with Gasteiger partial charge in [-0.15, -0.1) is 0 Å². The number of hydrogen-bond acceptors (Lipinski definition) is 2. The van der Waals surface area contributed by atoms with E-state index < -0.39 is 0 Å². The summed E-state index contributed by atoms with van der Waals surface area (Å²) >= 11 is 1.79. The van der Waals surface area contributed by atoms with Crippen molar-refractivity contribution >= 4 is 11.3 Å².